The van der Waals surface area contributed by atoms with E-state index in [9.17, 15) is 19.2 Å². The lowest BCUT2D eigenvalue weighted by Gasteiger charge is -2.18. The smallest absolute Gasteiger partial charge is 0.306 e. The summed E-state index contributed by atoms with van der Waals surface area (Å²) >= 11 is 0. The van der Waals surface area contributed by atoms with Crippen molar-refractivity contribution in [3.8, 4) is 0 Å². The molecule has 1 aliphatic rings. The molecule has 31 heavy (non-hydrogen) atoms. The zero-order valence-electron chi connectivity index (χ0n) is 17.5. The van der Waals surface area contributed by atoms with Gasteiger partial charge in [0.1, 0.15) is 0 Å². The van der Waals surface area contributed by atoms with E-state index in [1.165, 1.54) is 0 Å². The predicted molar refractivity (Wildman–Crippen MR) is 114 cm³/mol. The van der Waals surface area contributed by atoms with E-state index >= 15 is 0 Å². The maximum Gasteiger partial charge on any atom is 0.306 e. The van der Waals surface area contributed by atoms with Gasteiger partial charge in [-0.1, -0.05) is 55.8 Å². The first-order chi connectivity index (χ1) is 15.0. The zero-order chi connectivity index (χ0) is 22.2. The van der Waals surface area contributed by atoms with E-state index in [0.717, 1.165) is 23.3 Å². The Bertz CT molecular complexity index is 922. The highest BCUT2D eigenvalue weighted by molar-refractivity contribution is 6.21. The van der Waals surface area contributed by atoms with Gasteiger partial charge in [0.2, 0.25) is 0 Å². The molecule has 162 valence electrons. The van der Waals surface area contributed by atoms with Crippen molar-refractivity contribution in [2.24, 2.45) is 0 Å². The van der Waals surface area contributed by atoms with Crippen LogP contribution in [0.3, 0.4) is 0 Å². The monoisotopic (exact) mass is 422 g/mol. The maximum absolute atomic E-state index is 12.3. The molecule has 0 aliphatic carbocycles. The van der Waals surface area contributed by atoms with Crippen molar-refractivity contribution in [2.45, 2.75) is 38.6 Å². The number of benzene rings is 2. The number of amides is 3. The number of imide groups is 1. The topological polar surface area (TPSA) is 92.8 Å². The average molecular weight is 422 g/mol. The summed E-state index contributed by atoms with van der Waals surface area (Å²) in [6.07, 6.45) is 1.97. The van der Waals surface area contributed by atoms with E-state index in [0.29, 0.717) is 11.1 Å². The van der Waals surface area contributed by atoms with Crippen LogP contribution in [0.15, 0.2) is 54.6 Å². The molecule has 2 aromatic rings. The van der Waals surface area contributed by atoms with E-state index < -0.39 is 5.97 Å². The van der Waals surface area contributed by atoms with Crippen molar-refractivity contribution >= 4 is 23.7 Å². The first-order valence-corrected chi connectivity index (χ1v) is 10.5. The summed E-state index contributed by atoms with van der Waals surface area (Å²) in [5.74, 6) is -1.61. The van der Waals surface area contributed by atoms with Crippen LogP contribution < -0.4 is 5.32 Å². The molecule has 0 fully saturated rings. The van der Waals surface area contributed by atoms with Crippen LogP contribution in [-0.2, 0) is 14.3 Å². The summed E-state index contributed by atoms with van der Waals surface area (Å²) < 4.78 is 5.06. The first kappa shape index (κ1) is 22.2. The number of carbonyl (C=O) groups is 4. The van der Waals surface area contributed by atoms with E-state index in [1.54, 1.807) is 24.3 Å². The second kappa shape index (κ2) is 10.5. The van der Waals surface area contributed by atoms with Crippen LogP contribution in [0.5, 0.6) is 0 Å². The van der Waals surface area contributed by atoms with Crippen molar-refractivity contribution in [1.82, 2.24) is 10.2 Å². The van der Waals surface area contributed by atoms with Crippen LogP contribution in [-0.4, -0.2) is 41.7 Å². The van der Waals surface area contributed by atoms with Gasteiger partial charge >= 0.3 is 5.97 Å². The van der Waals surface area contributed by atoms with Crippen molar-refractivity contribution in [3.63, 3.8) is 0 Å². The van der Waals surface area contributed by atoms with Crippen LogP contribution in [0, 0.1) is 0 Å². The van der Waals surface area contributed by atoms with Crippen molar-refractivity contribution in [1.29, 1.82) is 0 Å². The Kier molecular flexibility index (Phi) is 7.54. The first-order valence-electron chi connectivity index (χ1n) is 10.5. The van der Waals surface area contributed by atoms with Gasteiger partial charge in [-0.15, -0.1) is 0 Å². The molecule has 7 heteroatoms. The van der Waals surface area contributed by atoms with E-state index in [1.807, 2.05) is 37.3 Å². The molecule has 1 heterocycles. The normalized spacial score (nSPS) is 13.6. The maximum atomic E-state index is 12.3. The quantitative estimate of drug-likeness (QED) is 0.469. The third kappa shape index (κ3) is 5.57. The summed E-state index contributed by atoms with van der Waals surface area (Å²) in [5, 5.41) is 2.90. The van der Waals surface area contributed by atoms with Gasteiger partial charge in [0, 0.05) is 13.0 Å². The largest absolute Gasteiger partial charge is 0.456 e. The number of fused-ring (bicyclic) bond motifs is 1. The highest BCUT2D eigenvalue weighted by Crippen LogP contribution is 2.22. The molecule has 0 aromatic heterocycles. The summed E-state index contributed by atoms with van der Waals surface area (Å²) in [5.41, 5.74) is 1.77. The van der Waals surface area contributed by atoms with Crippen molar-refractivity contribution in [2.75, 3.05) is 13.2 Å². The van der Waals surface area contributed by atoms with Gasteiger partial charge < -0.3 is 10.1 Å². The molecule has 3 rings (SSSR count). The Morgan fingerprint density at radius 2 is 1.58 bits per heavy atom. The fourth-order valence-electron chi connectivity index (χ4n) is 3.57. The van der Waals surface area contributed by atoms with E-state index in [2.05, 4.69) is 5.32 Å². The predicted octanol–water partition coefficient (Wildman–Crippen LogP) is 3.26. The van der Waals surface area contributed by atoms with Crippen molar-refractivity contribution < 1.29 is 23.9 Å². The molecule has 0 spiro atoms. The van der Waals surface area contributed by atoms with Crippen molar-refractivity contribution in [3.05, 3.63) is 71.3 Å². The van der Waals surface area contributed by atoms with Crippen LogP contribution in [0.4, 0.5) is 0 Å². The number of esters is 1. The lowest BCUT2D eigenvalue weighted by atomic mass is 10.0. The zero-order valence-corrected chi connectivity index (χ0v) is 17.5. The molecule has 1 N–H and O–H groups in total. The standard InChI is InChI=1S/C24H26N2O5/c1-2-9-20(17-10-4-3-5-11-17)25-21(27)16-31-22(28)14-8-15-26-23(29)18-12-6-7-13-19(18)24(26)30/h3-7,10-13,20H,2,8-9,14-16H2,1H3,(H,25,27). The van der Waals surface area contributed by atoms with E-state index in [4.69, 9.17) is 4.74 Å². The minimum atomic E-state index is -0.543. The molecular weight excluding hydrogens is 396 g/mol. The summed E-state index contributed by atoms with van der Waals surface area (Å²) in [6, 6.07) is 16.2. The average Bonchev–Trinajstić information content (AvgIpc) is 3.03. The second-order valence-corrected chi connectivity index (χ2v) is 7.39. The summed E-state index contributed by atoms with van der Waals surface area (Å²) in [7, 11) is 0. The third-order valence-electron chi connectivity index (χ3n) is 5.12. The van der Waals surface area contributed by atoms with Crippen LogP contribution in [0.1, 0.15) is 64.9 Å². The molecule has 7 nitrogen and oxygen atoms in total. The molecule has 0 saturated carbocycles. The highest BCUT2D eigenvalue weighted by atomic mass is 16.5. The fourth-order valence-corrected chi connectivity index (χ4v) is 3.57. The lowest BCUT2D eigenvalue weighted by molar-refractivity contribution is -0.148. The third-order valence-corrected chi connectivity index (χ3v) is 5.12. The Balaban J connectivity index is 1.41. The van der Waals surface area contributed by atoms with Gasteiger partial charge in [0.15, 0.2) is 6.61 Å². The Labute approximate surface area is 181 Å². The summed E-state index contributed by atoms with van der Waals surface area (Å²) in [6.45, 7) is 1.80. The molecule has 0 radical (unpaired) electrons. The number of rotatable bonds is 10. The highest BCUT2D eigenvalue weighted by Gasteiger charge is 2.34. The number of nitrogens with one attached hydrogen (secondary N) is 1. The number of nitrogens with zero attached hydrogens (tertiary/aromatic N) is 1. The van der Waals surface area contributed by atoms with Gasteiger partial charge in [-0.3, -0.25) is 24.1 Å². The van der Waals surface area contributed by atoms with Gasteiger partial charge in [-0.25, -0.2) is 0 Å². The fraction of sp³-hybridized carbons (Fsp3) is 0.333. The minimum Gasteiger partial charge on any atom is -0.456 e. The lowest BCUT2D eigenvalue weighted by Crippen LogP contribution is -2.33. The van der Waals surface area contributed by atoms with E-state index in [-0.39, 0.29) is 49.8 Å². The Hall–Kier alpha value is -3.48. The molecular formula is C24H26N2O5. The van der Waals surface area contributed by atoms with Gasteiger partial charge in [-0.05, 0) is 30.5 Å². The second-order valence-electron chi connectivity index (χ2n) is 7.39. The SMILES string of the molecule is CCCC(NC(=O)COC(=O)CCCN1C(=O)c2ccccc2C1=O)c1ccccc1. The molecule has 1 unspecified atom stereocenters. The summed E-state index contributed by atoms with van der Waals surface area (Å²) in [4.78, 5) is 50.0. The Morgan fingerprint density at radius 3 is 2.19 bits per heavy atom. The van der Waals surface area contributed by atoms with Crippen LogP contribution >= 0.6 is 0 Å². The Morgan fingerprint density at radius 1 is 0.968 bits per heavy atom. The molecule has 1 atom stereocenters. The minimum absolute atomic E-state index is 0.0117. The van der Waals surface area contributed by atoms with Crippen LogP contribution in [0.2, 0.25) is 0 Å². The molecule has 0 saturated heterocycles. The van der Waals surface area contributed by atoms with Crippen LogP contribution in [0.25, 0.3) is 0 Å². The number of hydrogen-bond donors (Lipinski definition) is 1. The molecule has 1 aliphatic heterocycles. The number of ether oxygens (including phenoxy) is 1. The molecule has 0 bridgehead atoms. The number of hydrogen-bond acceptors (Lipinski definition) is 5. The number of carbonyl (C=O) groups excluding carboxylic acids is 4. The van der Waals surface area contributed by atoms with Gasteiger partial charge in [0.25, 0.3) is 17.7 Å². The van der Waals surface area contributed by atoms with Gasteiger partial charge in [-0.2, -0.15) is 0 Å². The molecule has 2 aromatic carbocycles. The molecule has 3 amide bonds. The van der Waals surface area contributed by atoms with Gasteiger partial charge in [0.05, 0.1) is 17.2 Å².